The number of fused-ring (bicyclic) bond motifs is 1. The van der Waals surface area contributed by atoms with Crippen molar-refractivity contribution in [1.29, 1.82) is 0 Å². The van der Waals surface area contributed by atoms with Gasteiger partial charge in [-0.2, -0.15) is 0 Å². The Morgan fingerprint density at radius 2 is 1.69 bits per heavy atom. The number of hydrogen-bond acceptors (Lipinski definition) is 4. The molecular formula is C26H37N3O3. The second-order valence-electron chi connectivity index (χ2n) is 10.5. The minimum absolute atomic E-state index is 0.0132. The number of rotatable bonds is 4. The molecule has 5 rings (SSSR count). The molecule has 1 saturated carbocycles. The van der Waals surface area contributed by atoms with Crippen molar-refractivity contribution < 1.29 is 14.3 Å². The molecule has 2 amide bonds. The molecular weight excluding hydrogens is 402 g/mol. The highest BCUT2D eigenvalue weighted by Crippen LogP contribution is 2.55. The Kier molecular flexibility index (Phi) is 6.01. The van der Waals surface area contributed by atoms with Gasteiger partial charge < -0.3 is 14.5 Å². The van der Waals surface area contributed by atoms with E-state index in [1.54, 1.807) is 6.92 Å². The summed E-state index contributed by atoms with van der Waals surface area (Å²) in [6.07, 6.45) is 6.21. The van der Waals surface area contributed by atoms with Crippen molar-refractivity contribution >= 4 is 11.8 Å². The molecule has 0 radical (unpaired) electrons. The molecule has 1 aromatic rings. The van der Waals surface area contributed by atoms with Gasteiger partial charge in [0.05, 0.1) is 31.8 Å². The molecule has 3 heterocycles. The van der Waals surface area contributed by atoms with Crippen LogP contribution >= 0.6 is 0 Å². The van der Waals surface area contributed by atoms with E-state index in [2.05, 4.69) is 45.9 Å². The van der Waals surface area contributed by atoms with E-state index in [4.69, 9.17) is 4.74 Å². The summed E-state index contributed by atoms with van der Waals surface area (Å²) >= 11 is 0. The van der Waals surface area contributed by atoms with E-state index in [0.29, 0.717) is 19.8 Å². The third kappa shape index (κ3) is 3.75. The number of morpholine rings is 1. The number of amides is 2. The summed E-state index contributed by atoms with van der Waals surface area (Å²) in [6, 6.07) is 11.1. The summed E-state index contributed by atoms with van der Waals surface area (Å²) < 4.78 is 5.49. The monoisotopic (exact) mass is 439 g/mol. The zero-order chi connectivity index (χ0) is 22.3. The SMILES string of the molecule is CC(=O)N1[C@@H](Cc2ccccc2)[C@@H]2C[C@@]3(C)[C@H](CCCC[C@@H]13)N2C(=O)CN1CCOCC1. The van der Waals surface area contributed by atoms with Crippen molar-refractivity contribution in [2.75, 3.05) is 32.8 Å². The van der Waals surface area contributed by atoms with Gasteiger partial charge in [-0.15, -0.1) is 0 Å². The molecule has 0 unspecified atom stereocenters. The van der Waals surface area contributed by atoms with Crippen molar-refractivity contribution in [3.63, 3.8) is 0 Å². The maximum absolute atomic E-state index is 13.8. The third-order valence-electron chi connectivity index (χ3n) is 8.61. The van der Waals surface area contributed by atoms with E-state index < -0.39 is 0 Å². The standard InChI is InChI=1S/C26H37N3O3/c1-19(30)28-21(16-20-8-4-3-5-9-20)22-17-26(2)23(28)10-6-7-11-24(26)29(22)25(31)18-27-12-14-32-15-13-27/h3-5,8-9,21-24H,6-7,10-18H2,1-2H3/t21-,22-,23+,24-,26+/m0/s1. The molecule has 4 aliphatic rings. The molecule has 0 N–H and O–H groups in total. The number of nitrogens with zero attached hydrogens (tertiary/aromatic N) is 3. The predicted octanol–water partition coefficient (Wildman–Crippen LogP) is 2.71. The minimum Gasteiger partial charge on any atom is -0.379 e. The van der Waals surface area contributed by atoms with Crippen molar-refractivity contribution in [1.82, 2.24) is 14.7 Å². The van der Waals surface area contributed by atoms with Crippen molar-refractivity contribution in [2.24, 2.45) is 5.41 Å². The normalized spacial score (nSPS) is 34.9. The van der Waals surface area contributed by atoms with Crippen LogP contribution in [0, 0.1) is 5.41 Å². The van der Waals surface area contributed by atoms with E-state index in [0.717, 1.165) is 51.6 Å². The summed E-state index contributed by atoms with van der Waals surface area (Å²) in [4.78, 5) is 33.6. The largest absolute Gasteiger partial charge is 0.379 e. The van der Waals surface area contributed by atoms with Crippen LogP contribution in [0.1, 0.15) is 51.5 Å². The fraction of sp³-hybridized carbons (Fsp3) is 0.692. The lowest BCUT2D eigenvalue weighted by atomic mass is 9.69. The topological polar surface area (TPSA) is 53.1 Å². The fourth-order valence-corrected chi connectivity index (χ4v) is 7.19. The molecule has 3 aliphatic heterocycles. The lowest BCUT2D eigenvalue weighted by Crippen LogP contribution is -2.61. The van der Waals surface area contributed by atoms with E-state index >= 15 is 0 Å². The number of piperidine rings is 1. The van der Waals surface area contributed by atoms with Crippen LogP contribution in [-0.2, 0) is 20.7 Å². The maximum atomic E-state index is 13.8. The Morgan fingerprint density at radius 1 is 1.03 bits per heavy atom. The Labute approximate surface area is 191 Å². The summed E-state index contributed by atoms with van der Waals surface area (Å²) in [5.74, 6) is 0.407. The first kappa shape index (κ1) is 21.9. The predicted molar refractivity (Wildman–Crippen MR) is 123 cm³/mol. The number of hydrogen-bond donors (Lipinski definition) is 0. The Balaban J connectivity index is 1.50. The number of benzene rings is 1. The Bertz CT molecular complexity index is 840. The smallest absolute Gasteiger partial charge is 0.237 e. The summed E-state index contributed by atoms with van der Waals surface area (Å²) in [7, 11) is 0. The van der Waals surface area contributed by atoms with Crippen LogP contribution < -0.4 is 0 Å². The third-order valence-corrected chi connectivity index (χ3v) is 8.61. The Morgan fingerprint density at radius 3 is 2.34 bits per heavy atom. The lowest BCUT2D eigenvalue weighted by Gasteiger charge is -2.50. The molecule has 174 valence electrons. The van der Waals surface area contributed by atoms with Crippen molar-refractivity contribution in [3.8, 4) is 0 Å². The molecule has 4 fully saturated rings. The molecule has 6 heteroatoms. The lowest BCUT2D eigenvalue weighted by molar-refractivity contribution is -0.143. The van der Waals surface area contributed by atoms with Crippen molar-refractivity contribution in [2.45, 2.75) is 76.5 Å². The van der Waals surface area contributed by atoms with Gasteiger partial charge in [0, 0.05) is 37.5 Å². The van der Waals surface area contributed by atoms with E-state index in [-0.39, 0.29) is 41.4 Å². The fourth-order valence-electron chi connectivity index (χ4n) is 7.19. The van der Waals surface area contributed by atoms with Gasteiger partial charge >= 0.3 is 0 Å². The summed E-state index contributed by atoms with van der Waals surface area (Å²) in [5.41, 5.74) is 1.23. The molecule has 6 nitrogen and oxygen atoms in total. The molecule has 1 aliphatic carbocycles. The van der Waals surface area contributed by atoms with Crippen LogP contribution in [0.25, 0.3) is 0 Å². The first-order valence-electron chi connectivity index (χ1n) is 12.4. The molecule has 1 aromatic carbocycles. The highest BCUT2D eigenvalue weighted by atomic mass is 16.5. The quantitative estimate of drug-likeness (QED) is 0.724. The average Bonchev–Trinajstić information content (AvgIpc) is 2.94. The second kappa shape index (κ2) is 8.79. The van der Waals surface area contributed by atoms with E-state index in [9.17, 15) is 9.59 Å². The highest BCUT2D eigenvalue weighted by molar-refractivity contribution is 5.81. The molecule has 3 saturated heterocycles. The molecule has 0 aromatic heterocycles. The zero-order valence-electron chi connectivity index (χ0n) is 19.5. The zero-order valence-corrected chi connectivity index (χ0v) is 19.5. The molecule has 2 bridgehead atoms. The van der Waals surface area contributed by atoms with Gasteiger partial charge in [-0.05, 0) is 31.2 Å². The molecule has 0 spiro atoms. The van der Waals surface area contributed by atoms with E-state index in [1.165, 1.54) is 5.56 Å². The van der Waals surface area contributed by atoms with Gasteiger partial charge in [0.1, 0.15) is 0 Å². The van der Waals surface area contributed by atoms with Gasteiger partial charge in [0.15, 0.2) is 0 Å². The van der Waals surface area contributed by atoms with Crippen LogP contribution in [0.2, 0.25) is 0 Å². The van der Waals surface area contributed by atoms with Crippen LogP contribution in [0.3, 0.4) is 0 Å². The average molecular weight is 440 g/mol. The maximum Gasteiger partial charge on any atom is 0.237 e. The van der Waals surface area contributed by atoms with Crippen molar-refractivity contribution in [3.05, 3.63) is 35.9 Å². The number of carbonyl (C=O) groups is 2. The Hall–Kier alpha value is -1.92. The summed E-state index contributed by atoms with van der Waals surface area (Å²) in [5, 5.41) is 0. The van der Waals surface area contributed by atoms with Crippen LogP contribution in [0.4, 0.5) is 0 Å². The molecule has 32 heavy (non-hydrogen) atoms. The van der Waals surface area contributed by atoms with Gasteiger partial charge in [0.25, 0.3) is 0 Å². The first-order chi connectivity index (χ1) is 15.5. The van der Waals surface area contributed by atoms with Gasteiger partial charge in [0.2, 0.25) is 11.8 Å². The van der Waals surface area contributed by atoms with E-state index in [1.807, 2.05) is 6.07 Å². The second-order valence-corrected chi connectivity index (χ2v) is 10.5. The first-order valence-corrected chi connectivity index (χ1v) is 12.4. The van der Waals surface area contributed by atoms with Crippen LogP contribution in [0.5, 0.6) is 0 Å². The minimum atomic E-state index is -0.0132. The summed E-state index contributed by atoms with van der Waals surface area (Å²) in [6.45, 7) is 7.60. The van der Waals surface area contributed by atoms with Crippen LogP contribution in [-0.4, -0.2) is 83.5 Å². The van der Waals surface area contributed by atoms with Gasteiger partial charge in [-0.25, -0.2) is 0 Å². The number of likely N-dealkylation sites (tertiary alicyclic amines) is 2. The number of ether oxygens (including phenoxy) is 1. The van der Waals surface area contributed by atoms with Gasteiger partial charge in [-0.3, -0.25) is 14.5 Å². The highest BCUT2D eigenvalue weighted by Gasteiger charge is 2.63. The van der Waals surface area contributed by atoms with Crippen LogP contribution in [0.15, 0.2) is 30.3 Å². The number of carbonyl (C=O) groups excluding carboxylic acids is 2. The van der Waals surface area contributed by atoms with Gasteiger partial charge in [-0.1, -0.05) is 50.1 Å². The molecule has 5 atom stereocenters.